The van der Waals surface area contributed by atoms with Crippen molar-refractivity contribution in [2.45, 2.75) is 6.54 Å². The van der Waals surface area contributed by atoms with E-state index in [1.165, 1.54) is 0 Å². The van der Waals surface area contributed by atoms with Crippen LogP contribution in [0.15, 0.2) is 47.2 Å². The maximum atomic E-state index is 12.4. The number of carbonyl (C=O) groups excluding carboxylic acids is 1. The number of halogens is 1. The summed E-state index contributed by atoms with van der Waals surface area (Å²) in [4.78, 5) is 22.6. The van der Waals surface area contributed by atoms with Gasteiger partial charge in [-0.2, -0.15) is 0 Å². The van der Waals surface area contributed by atoms with E-state index >= 15 is 0 Å². The molecule has 106 valence electrons. The lowest BCUT2D eigenvalue weighted by molar-refractivity contribution is 0.0785. The second kappa shape index (κ2) is 5.91. The van der Waals surface area contributed by atoms with Gasteiger partial charge < -0.3 is 4.90 Å². The number of hydrogen-bond acceptors (Lipinski definition) is 4. The van der Waals surface area contributed by atoms with Gasteiger partial charge in [0.05, 0.1) is 16.8 Å². The minimum atomic E-state index is -0.0441. The summed E-state index contributed by atoms with van der Waals surface area (Å²) >= 11 is 4.89. The Hall–Kier alpha value is -1.79. The fourth-order valence-corrected chi connectivity index (χ4v) is 3.40. The fourth-order valence-electron chi connectivity index (χ4n) is 2.02. The number of para-hydroxylation sites is 1. The van der Waals surface area contributed by atoms with Crippen LogP contribution in [-0.2, 0) is 6.54 Å². The Morgan fingerprint density at radius 2 is 2.14 bits per heavy atom. The van der Waals surface area contributed by atoms with Crippen molar-refractivity contribution in [2.24, 2.45) is 0 Å². The van der Waals surface area contributed by atoms with Gasteiger partial charge >= 0.3 is 0 Å². The molecule has 0 bridgehead atoms. The van der Waals surface area contributed by atoms with Crippen LogP contribution in [0.3, 0.4) is 0 Å². The third-order valence-electron chi connectivity index (χ3n) is 3.03. The van der Waals surface area contributed by atoms with Crippen molar-refractivity contribution in [1.29, 1.82) is 0 Å². The summed E-state index contributed by atoms with van der Waals surface area (Å²) in [6.07, 6.45) is 1.61. The third-order valence-corrected chi connectivity index (χ3v) is 4.49. The molecule has 4 nitrogen and oxygen atoms in total. The van der Waals surface area contributed by atoms with E-state index in [1.54, 1.807) is 41.6 Å². The standard InChI is InChI=1S/C15H12BrN3OS/c1-19(15(20)10-6-7-17-13(16)8-10)9-14-18-11-4-2-3-5-12(11)21-14/h2-8H,9H2,1H3. The number of pyridine rings is 1. The molecule has 0 radical (unpaired) electrons. The van der Waals surface area contributed by atoms with E-state index in [4.69, 9.17) is 0 Å². The van der Waals surface area contributed by atoms with E-state index in [9.17, 15) is 4.79 Å². The Morgan fingerprint density at radius 1 is 1.33 bits per heavy atom. The predicted octanol–water partition coefficient (Wildman–Crippen LogP) is 3.73. The quantitative estimate of drug-likeness (QED) is 0.667. The molecule has 1 amide bonds. The summed E-state index contributed by atoms with van der Waals surface area (Å²) < 4.78 is 1.79. The molecule has 0 N–H and O–H groups in total. The highest BCUT2D eigenvalue weighted by Crippen LogP contribution is 2.22. The molecule has 0 aliphatic rings. The van der Waals surface area contributed by atoms with Crippen molar-refractivity contribution >= 4 is 43.4 Å². The minimum Gasteiger partial charge on any atom is -0.335 e. The van der Waals surface area contributed by atoms with Gasteiger partial charge in [0.1, 0.15) is 9.61 Å². The summed E-state index contributed by atoms with van der Waals surface area (Å²) in [5.74, 6) is -0.0441. The number of amides is 1. The maximum Gasteiger partial charge on any atom is 0.254 e. The van der Waals surface area contributed by atoms with E-state index in [2.05, 4.69) is 25.9 Å². The molecule has 0 fully saturated rings. The minimum absolute atomic E-state index is 0.0441. The second-order valence-corrected chi connectivity index (χ2v) is 6.53. The summed E-state index contributed by atoms with van der Waals surface area (Å²) in [5.41, 5.74) is 1.59. The van der Waals surface area contributed by atoms with Gasteiger partial charge in [0, 0.05) is 18.8 Å². The molecule has 21 heavy (non-hydrogen) atoms. The second-order valence-electron chi connectivity index (χ2n) is 4.60. The first-order valence-electron chi connectivity index (χ1n) is 6.35. The first-order valence-corrected chi connectivity index (χ1v) is 7.96. The monoisotopic (exact) mass is 361 g/mol. The molecular weight excluding hydrogens is 350 g/mol. The van der Waals surface area contributed by atoms with Gasteiger partial charge in [-0.3, -0.25) is 4.79 Å². The van der Waals surface area contributed by atoms with Crippen molar-refractivity contribution in [3.05, 3.63) is 57.8 Å². The van der Waals surface area contributed by atoms with E-state index in [-0.39, 0.29) is 5.91 Å². The Balaban J connectivity index is 1.79. The van der Waals surface area contributed by atoms with E-state index in [1.807, 2.05) is 24.3 Å². The van der Waals surface area contributed by atoms with Gasteiger partial charge in [-0.1, -0.05) is 12.1 Å². The number of benzene rings is 1. The molecule has 0 aliphatic heterocycles. The zero-order valence-electron chi connectivity index (χ0n) is 11.3. The van der Waals surface area contributed by atoms with Gasteiger partial charge in [-0.25, -0.2) is 9.97 Å². The first kappa shape index (κ1) is 14.2. The van der Waals surface area contributed by atoms with Crippen molar-refractivity contribution in [2.75, 3.05) is 7.05 Å². The number of nitrogens with zero attached hydrogens (tertiary/aromatic N) is 3. The summed E-state index contributed by atoms with van der Waals surface area (Å²) in [7, 11) is 1.78. The Labute approximate surface area is 134 Å². The molecule has 3 rings (SSSR count). The molecule has 0 saturated heterocycles. The highest BCUT2D eigenvalue weighted by molar-refractivity contribution is 9.10. The van der Waals surface area contributed by atoms with Crippen LogP contribution in [0, 0.1) is 0 Å². The summed E-state index contributed by atoms with van der Waals surface area (Å²) in [6, 6.07) is 11.4. The molecule has 0 aliphatic carbocycles. The molecule has 6 heteroatoms. The molecule has 0 spiro atoms. The van der Waals surface area contributed by atoms with Crippen LogP contribution in [0.5, 0.6) is 0 Å². The SMILES string of the molecule is CN(Cc1nc2ccccc2s1)C(=O)c1ccnc(Br)c1. The van der Waals surface area contributed by atoms with Crippen molar-refractivity contribution in [3.8, 4) is 0 Å². The van der Waals surface area contributed by atoms with Crippen LogP contribution in [0.2, 0.25) is 0 Å². The lowest BCUT2D eigenvalue weighted by Gasteiger charge is -2.15. The molecule has 0 saturated carbocycles. The summed E-state index contributed by atoms with van der Waals surface area (Å²) in [6.45, 7) is 0.498. The topological polar surface area (TPSA) is 46.1 Å². The van der Waals surface area contributed by atoms with Crippen LogP contribution >= 0.6 is 27.3 Å². The normalized spacial score (nSPS) is 10.8. The molecule has 0 unspecified atom stereocenters. The van der Waals surface area contributed by atoms with Crippen LogP contribution in [-0.4, -0.2) is 27.8 Å². The van der Waals surface area contributed by atoms with Crippen LogP contribution in [0.4, 0.5) is 0 Å². The number of carbonyl (C=O) groups is 1. The van der Waals surface area contributed by atoms with Crippen molar-refractivity contribution < 1.29 is 4.79 Å². The lowest BCUT2D eigenvalue weighted by Crippen LogP contribution is -2.26. The van der Waals surface area contributed by atoms with Crippen LogP contribution < -0.4 is 0 Å². The fraction of sp³-hybridized carbons (Fsp3) is 0.133. The highest BCUT2D eigenvalue weighted by Gasteiger charge is 2.14. The lowest BCUT2D eigenvalue weighted by atomic mass is 10.2. The highest BCUT2D eigenvalue weighted by atomic mass is 79.9. The van der Waals surface area contributed by atoms with Gasteiger partial charge in [0.25, 0.3) is 5.91 Å². The van der Waals surface area contributed by atoms with Gasteiger partial charge in [0.15, 0.2) is 0 Å². The zero-order valence-corrected chi connectivity index (χ0v) is 13.7. The first-order chi connectivity index (χ1) is 10.1. The largest absolute Gasteiger partial charge is 0.335 e. The molecule has 1 aromatic carbocycles. The third kappa shape index (κ3) is 3.11. The van der Waals surface area contributed by atoms with Gasteiger partial charge in [-0.15, -0.1) is 11.3 Å². The van der Waals surface area contributed by atoms with Crippen LogP contribution in [0.25, 0.3) is 10.2 Å². The number of hydrogen-bond donors (Lipinski definition) is 0. The number of rotatable bonds is 3. The number of thiazole rings is 1. The molecule has 3 aromatic rings. The summed E-state index contributed by atoms with van der Waals surface area (Å²) in [5, 5.41) is 0.931. The maximum absolute atomic E-state index is 12.4. The van der Waals surface area contributed by atoms with E-state index < -0.39 is 0 Å². The number of fused-ring (bicyclic) bond motifs is 1. The average Bonchev–Trinajstić information content (AvgIpc) is 2.88. The van der Waals surface area contributed by atoms with Crippen molar-refractivity contribution in [1.82, 2.24) is 14.9 Å². The van der Waals surface area contributed by atoms with Crippen molar-refractivity contribution in [3.63, 3.8) is 0 Å². The molecule has 2 aromatic heterocycles. The Kier molecular flexibility index (Phi) is 3.98. The molecule has 2 heterocycles. The predicted molar refractivity (Wildman–Crippen MR) is 87.4 cm³/mol. The van der Waals surface area contributed by atoms with Crippen LogP contribution in [0.1, 0.15) is 15.4 Å². The average molecular weight is 362 g/mol. The van der Waals surface area contributed by atoms with Gasteiger partial charge in [0.2, 0.25) is 0 Å². The molecule has 0 atom stereocenters. The smallest absolute Gasteiger partial charge is 0.254 e. The van der Waals surface area contributed by atoms with E-state index in [0.29, 0.717) is 16.7 Å². The Morgan fingerprint density at radius 3 is 2.90 bits per heavy atom. The zero-order chi connectivity index (χ0) is 14.8. The number of aromatic nitrogens is 2. The van der Waals surface area contributed by atoms with E-state index in [0.717, 1.165) is 15.2 Å². The molecular formula is C15H12BrN3OS. The van der Waals surface area contributed by atoms with Gasteiger partial charge in [-0.05, 0) is 40.2 Å². The Bertz CT molecular complexity index is 769.